The van der Waals surface area contributed by atoms with Crippen molar-refractivity contribution in [3.63, 3.8) is 0 Å². The number of ether oxygens (including phenoxy) is 5. The van der Waals surface area contributed by atoms with Gasteiger partial charge >= 0.3 is 0 Å². The summed E-state index contributed by atoms with van der Waals surface area (Å²) < 4.78 is 33.4. The van der Waals surface area contributed by atoms with Crippen LogP contribution in [-0.4, -0.2) is 116 Å². The summed E-state index contributed by atoms with van der Waals surface area (Å²) in [6, 6.07) is 8.45. The third-order valence-electron chi connectivity index (χ3n) is 7.40. The van der Waals surface area contributed by atoms with E-state index in [-0.39, 0.29) is 28.0 Å². The molecule has 43 heavy (non-hydrogen) atoms. The third-order valence-corrected chi connectivity index (χ3v) is 7.40. The molecule has 2 aliphatic heterocycles. The summed E-state index contributed by atoms with van der Waals surface area (Å²) in [5.41, 5.74) is -0.845. The molecular weight excluding hydrogens is 576 g/mol. The molecule has 2 saturated heterocycles. The summed E-state index contributed by atoms with van der Waals surface area (Å²) in [5, 5.41) is 81.2. The minimum absolute atomic E-state index is 0.128. The van der Waals surface area contributed by atoms with Crippen LogP contribution in [0.25, 0.3) is 22.3 Å². The first-order chi connectivity index (χ1) is 20.4. The third kappa shape index (κ3) is 5.74. The number of rotatable bonds is 7. The highest BCUT2D eigenvalue weighted by atomic mass is 16.7. The summed E-state index contributed by atoms with van der Waals surface area (Å²) in [6.45, 7) is 0.728. The molecule has 1 aromatic heterocycles. The molecule has 2 aliphatic rings. The average molecular weight is 609 g/mol. The van der Waals surface area contributed by atoms with Gasteiger partial charge in [0.05, 0.1) is 19.8 Å². The predicted octanol–water partition coefficient (Wildman–Crippen LogP) is -1.44. The number of aromatic hydroxyl groups is 1. The maximum Gasteiger partial charge on any atom is 0.239 e. The molecule has 2 fully saturated rings. The highest BCUT2D eigenvalue weighted by molar-refractivity contribution is 5.88. The SMILES string of the molecule is COc1ccc(-c2oc3cc(OC4OC(C)[C@H](O)[C@H](O)C4O)cc(O)c3c(=O)c2O[C@@H]2OC(CO)C(O)C(O)C2O)cc1. The molecule has 2 aromatic carbocycles. The first kappa shape index (κ1) is 30.9. The minimum Gasteiger partial charge on any atom is -0.507 e. The maximum atomic E-state index is 13.8. The second-order valence-electron chi connectivity index (χ2n) is 10.2. The first-order valence-corrected chi connectivity index (χ1v) is 13.3. The van der Waals surface area contributed by atoms with Gasteiger partial charge in [-0.15, -0.1) is 0 Å². The number of benzene rings is 2. The number of phenols is 1. The van der Waals surface area contributed by atoms with Gasteiger partial charge in [0, 0.05) is 17.7 Å². The Hall–Kier alpha value is -3.51. The quantitative estimate of drug-likeness (QED) is 0.153. The van der Waals surface area contributed by atoms with Crippen molar-refractivity contribution in [2.45, 2.75) is 68.3 Å². The number of methoxy groups -OCH3 is 1. The lowest BCUT2D eigenvalue weighted by Crippen LogP contribution is -2.60. The molecule has 0 amide bonds. The van der Waals surface area contributed by atoms with Crippen molar-refractivity contribution in [2.24, 2.45) is 0 Å². The number of fused-ring (bicyclic) bond motifs is 1. The predicted molar refractivity (Wildman–Crippen MR) is 144 cm³/mol. The lowest BCUT2D eigenvalue weighted by atomic mass is 9.99. The van der Waals surface area contributed by atoms with Gasteiger partial charge in [-0.25, -0.2) is 0 Å². The molecule has 7 unspecified atom stereocenters. The van der Waals surface area contributed by atoms with Gasteiger partial charge in [-0.3, -0.25) is 4.79 Å². The van der Waals surface area contributed by atoms with Crippen LogP contribution in [0.3, 0.4) is 0 Å². The van der Waals surface area contributed by atoms with Crippen molar-refractivity contribution in [3.05, 3.63) is 46.6 Å². The molecule has 5 rings (SSSR count). The zero-order valence-electron chi connectivity index (χ0n) is 22.9. The van der Waals surface area contributed by atoms with Gasteiger partial charge < -0.3 is 69.0 Å². The summed E-state index contributed by atoms with van der Waals surface area (Å²) in [4.78, 5) is 13.8. The van der Waals surface area contributed by atoms with Crippen molar-refractivity contribution < 1.29 is 69.0 Å². The Morgan fingerprint density at radius 2 is 1.42 bits per heavy atom. The monoisotopic (exact) mass is 608 g/mol. The molecule has 3 heterocycles. The number of hydrogen-bond acceptors (Lipinski definition) is 15. The van der Waals surface area contributed by atoms with Crippen LogP contribution < -0.4 is 19.6 Å². The van der Waals surface area contributed by atoms with Crippen molar-refractivity contribution in [1.82, 2.24) is 0 Å². The van der Waals surface area contributed by atoms with E-state index >= 15 is 0 Å². The second kappa shape index (κ2) is 12.2. The largest absolute Gasteiger partial charge is 0.507 e. The van der Waals surface area contributed by atoms with E-state index < -0.39 is 84.9 Å². The Kier molecular flexibility index (Phi) is 8.80. The molecule has 15 nitrogen and oxygen atoms in total. The Labute approximate surface area is 243 Å². The van der Waals surface area contributed by atoms with E-state index in [4.69, 9.17) is 28.1 Å². The van der Waals surface area contributed by atoms with Crippen LogP contribution >= 0.6 is 0 Å². The minimum atomic E-state index is -1.85. The fourth-order valence-electron chi connectivity index (χ4n) is 4.89. The lowest BCUT2D eigenvalue weighted by molar-refractivity contribution is -0.277. The second-order valence-corrected chi connectivity index (χ2v) is 10.2. The van der Waals surface area contributed by atoms with Crippen molar-refractivity contribution in [2.75, 3.05) is 13.7 Å². The van der Waals surface area contributed by atoms with Gasteiger partial charge in [0.25, 0.3) is 0 Å². The van der Waals surface area contributed by atoms with Crippen LogP contribution in [0.1, 0.15) is 6.92 Å². The fraction of sp³-hybridized carbons (Fsp3) is 0.464. The van der Waals surface area contributed by atoms with Gasteiger partial charge in [-0.2, -0.15) is 0 Å². The van der Waals surface area contributed by atoms with Crippen LogP contribution in [0.15, 0.2) is 45.6 Å². The van der Waals surface area contributed by atoms with Crippen LogP contribution in [0.5, 0.6) is 23.0 Å². The molecule has 8 N–H and O–H groups in total. The molecule has 15 heteroatoms. The summed E-state index contributed by atoms with van der Waals surface area (Å²) >= 11 is 0. The Morgan fingerprint density at radius 3 is 2.05 bits per heavy atom. The zero-order valence-corrected chi connectivity index (χ0v) is 22.9. The van der Waals surface area contributed by atoms with Crippen LogP contribution in [-0.2, 0) is 9.47 Å². The maximum absolute atomic E-state index is 13.8. The van der Waals surface area contributed by atoms with Crippen molar-refractivity contribution in [1.29, 1.82) is 0 Å². The van der Waals surface area contributed by atoms with E-state index in [1.54, 1.807) is 12.1 Å². The standard InChI is InChI=1S/C28H32O15/c1-10-18(31)21(34)23(36)27(39-10)40-13-7-14(30)17-15(8-13)41-25(11-3-5-12(38-2)6-4-11)26(20(17)33)43-28-24(37)22(35)19(32)16(9-29)42-28/h3-8,10,16,18-19,21-24,27-32,34-37H,9H2,1-2H3/t10?,16?,18-,19?,21-,22?,23?,24?,27?,28-/m0/s1. The molecule has 10 atom stereocenters. The Morgan fingerprint density at radius 1 is 0.791 bits per heavy atom. The number of phenolic OH excluding ortho intramolecular Hbond substituents is 1. The van der Waals surface area contributed by atoms with Crippen molar-refractivity contribution >= 4 is 11.0 Å². The van der Waals surface area contributed by atoms with Gasteiger partial charge in [-0.05, 0) is 31.2 Å². The molecule has 0 radical (unpaired) electrons. The Bertz CT molecular complexity index is 1490. The molecule has 234 valence electrons. The van der Waals surface area contributed by atoms with Crippen molar-refractivity contribution in [3.8, 4) is 34.3 Å². The van der Waals surface area contributed by atoms with Gasteiger partial charge in [0.15, 0.2) is 5.76 Å². The highest BCUT2D eigenvalue weighted by Gasteiger charge is 2.46. The van der Waals surface area contributed by atoms with E-state index in [1.807, 2.05) is 0 Å². The highest BCUT2D eigenvalue weighted by Crippen LogP contribution is 2.38. The molecule has 3 aromatic rings. The lowest BCUT2D eigenvalue weighted by Gasteiger charge is -2.39. The smallest absolute Gasteiger partial charge is 0.239 e. The van der Waals surface area contributed by atoms with E-state index in [0.717, 1.165) is 6.07 Å². The van der Waals surface area contributed by atoms with E-state index in [9.17, 15) is 45.6 Å². The van der Waals surface area contributed by atoms with Crippen LogP contribution in [0.2, 0.25) is 0 Å². The molecule has 0 aliphatic carbocycles. The summed E-state index contributed by atoms with van der Waals surface area (Å²) in [6.07, 6.45) is -15.3. The van der Waals surface area contributed by atoms with Crippen LogP contribution in [0.4, 0.5) is 0 Å². The number of hydrogen-bond donors (Lipinski definition) is 8. The van der Waals surface area contributed by atoms with Gasteiger partial charge in [-0.1, -0.05) is 0 Å². The molecular formula is C28H32O15. The molecule has 0 bridgehead atoms. The average Bonchev–Trinajstić information content (AvgIpc) is 2.99. The topological polar surface area (TPSA) is 238 Å². The number of aliphatic hydroxyl groups is 7. The fourth-order valence-corrected chi connectivity index (χ4v) is 4.89. The molecule has 0 spiro atoms. The molecule has 0 saturated carbocycles. The number of aliphatic hydroxyl groups excluding tert-OH is 7. The Balaban J connectivity index is 1.59. The first-order valence-electron chi connectivity index (χ1n) is 13.3. The normalized spacial score (nSPS) is 32.9. The summed E-state index contributed by atoms with van der Waals surface area (Å²) in [7, 11) is 1.45. The van der Waals surface area contributed by atoms with E-state index in [0.29, 0.717) is 5.75 Å². The summed E-state index contributed by atoms with van der Waals surface area (Å²) in [5.74, 6) is -1.03. The van der Waals surface area contributed by atoms with E-state index in [1.165, 1.54) is 32.2 Å². The van der Waals surface area contributed by atoms with Gasteiger partial charge in [0.1, 0.15) is 70.9 Å². The van der Waals surface area contributed by atoms with Gasteiger partial charge in [0.2, 0.25) is 23.8 Å². The van der Waals surface area contributed by atoms with Crippen LogP contribution in [0, 0.1) is 0 Å². The van der Waals surface area contributed by atoms with E-state index in [2.05, 4.69) is 0 Å². The zero-order chi connectivity index (χ0) is 31.2.